The number of rotatable bonds is 5. The van der Waals surface area contributed by atoms with Crippen LogP contribution in [-0.2, 0) is 31.2 Å². The van der Waals surface area contributed by atoms with Crippen molar-refractivity contribution in [2.75, 3.05) is 11.9 Å². The number of aliphatic hydroxyl groups is 1. The SMILES string of the molecule is CCOC(=O)c1nn(C)c2c1CCc1cnc(Nc3ccc(CO)cc3)nc1-2. The van der Waals surface area contributed by atoms with Crippen molar-refractivity contribution in [3.8, 4) is 11.4 Å². The predicted molar refractivity (Wildman–Crippen MR) is 103 cm³/mol. The lowest BCUT2D eigenvalue weighted by atomic mass is 9.93. The minimum atomic E-state index is -0.404. The zero-order valence-corrected chi connectivity index (χ0v) is 15.8. The molecule has 2 aromatic heterocycles. The molecule has 1 aliphatic carbocycles. The van der Waals surface area contributed by atoms with Gasteiger partial charge in [-0.25, -0.2) is 14.8 Å². The van der Waals surface area contributed by atoms with Crippen LogP contribution in [0.25, 0.3) is 11.4 Å². The normalized spacial score (nSPS) is 12.2. The summed E-state index contributed by atoms with van der Waals surface area (Å²) in [4.78, 5) is 21.3. The number of aryl methyl sites for hydroxylation is 2. The number of aromatic nitrogens is 4. The molecule has 2 N–H and O–H groups in total. The molecule has 0 radical (unpaired) electrons. The van der Waals surface area contributed by atoms with Gasteiger partial charge in [0.25, 0.3) is 0 Å². The van der Waals surface area contributed by atoms with Crippen molar-refractivity contribution in [1.82, 2.24) is 19.7 Å². The zero-order valence-electron chi connectivity index (χ0n) is 15.8. The Hall–Kier alpha value is -3.26. The summed E-state index contributed by atoms with van der Waals surface area (Å²) in [5, 5.41) is 16.7. The van der Waals surface area contributed by atoms with E-state index in [2.05, 4.69) is 20.4 Å². The number of ether oxygens (including phenoxy) is 1. The highest BCUT2D eigenvalue weighted by molar-refractivity contribution is 5.91. The zero-order chi connectivity index (χ0) is 19.7. The molecule has 0 saturated carbocycles. The molecule has 0 bridgehead atoms. The molecule has 0 aliphatic heterocycles. The molecule has 8 heteroatoms. The van der Waals surface area contributed by atoms with Crippen LogP contribution in [-0.4, -0.2) is 37.4 Å². The van der Waals surface area contributed by atoms with E-state index in [0.29, 0.717) is 24.7 Å². The first-order valence-electron chi connectivity index (χ1n) is 9.16. The van der Waals surface area contributed by atoms with Gasteiger partial charge in [0, 0.05) is 24.5 Å². The van der Waals surface area contributed by atoms with Crippen molar-refractivity contribution in [1.29, 1.82) is 0 Å². The number of hydrogen-bond acceptors (Lipinski definition) is 7. The molecule has 3 aromatic rings. The number of esters is 1. The number of nitrogens with zero attached hydrogens (tertiary/aromatic N) is 4. The maximum Gasteiger partial charge on any atom is 0.359 e. The van der Waals surface area contributed by atoms with Crippen molar-refractivity contribution in [2.24, 2.45) is 7.05 Å². The molecule has 4 rings (SSSR count). The fraction of sp³-hybridized carbons (Fsp3) is 0.300. The van der Waals surface area contributed by atoms with Crippen LogP contribution in [0.3, 0.4) is 0 Å². The third-order valence-electron chi connectivity index (χ3n) is 4.74. The molecule has 144 valence electrons. The number of hydrogen-bond donors (Lipinski definition) is 2. The van der Waals surface area contributed by atoms with Crippen molar-refractivity contribution in [3.05, 3.63) is 52.8 Å². The maximum absolute atomic E-state index is 12.2. The Bertz CT molecular complexity index is 1030. The summed E-state index contributed by atoms with van der Waals surface area (Å²) in [6.45, 7) is 2.09. The molecule has 2 heterocycles. The Balaban J connectivity index is 1.69. The molecular weight excluding hydrogens is 358 g/mol. The van der Waals surface area contributed by atoms with Gasteiger partial charge in [0.05, 0.1) is 24.6 Å². The van der Waals surface area contributed by atoms with Gasteiger partial charge in [-0.1, -0.05) is 12.1 Å². The monoisotopic (exact) mass is 379 g/mol. The lowest BCUT2D eigenvalue weighted by Crippen LogP contribution is -2.12. The standard InChI is InChI=1S/C20H21N5O3/c1-3-28-19(27)17-15-9-6-13-10-21-20(23-16(13)18(15)25(2)24-17)22-14-7-4-12(11-26)5-8-14/h4-5,7-8,10,26H,3,6,9,11H2,1-2H3,(H,21,22,23). The van der Waals surface area contributed by atoms with Gasteiger partial charge in [-0.15, -0.1) is 0 Å². The fourth-order valence-corrected chi connectivity index (χ4v) is 3.40. The average molecular weight is 379 g/mol. The number of fused-ring (bicyclic) bond motifs is 3. The van der Waals surface area contributed by atoms with Gasteiger partial charge in [-0.3, -0.25) is 4.68 Å². The Morgan fingerprint density at radius 1 is 1.29 bits per heavy atom. The second-order valence-electron chi connectivity index (χ2n) is 6.57. The lowest BCUT2D eigenvalue weighted by Gasteiger charge is -2.17. The van der Waals surface area contributed by atoms with E-state index in [-0.39, 0.29) is 6.61 Å². The van der Waals surface area contributed by atoms with Gasteiger partial charge in [-0.2, -0.15) is 5.10 Å². The summed E-state index contributed by atoms with van der Waals surface area (Å²) in [6, 6.07) is 7.41. The molecule has 0 saturated heterocycles. The van der Waals surface area contributed by atoms with E-state index < -0.39 is 5.97 Å². The van der Waals surface area contributed by atoms with E-state index in [1.807, 2.05) is 30.5 Å². The van der Waals surface area contributed by atoms with Gasteiger partial charge < -0.3 is 15.2 Å². The van der Waals surface area contributed by atoms with Crippen molar-refractivity contribution < 1.29 is 14.6 Å². The van der Waals surface area contributed by atoms with Crippen LogP contribution >= 0.6 is 0 Å². The van der Waals surface area contributed by atoms with Crippen LogP contribution in [0.2, 0.25) is 0 Å². The first-order valence-corrected chi connectivity index (χ1v) is 9.16. The second kappa shape index (κ2) is 7.40. The molecule has 28 heavy (non-hydrogen) atoms. The quantitative estimate of drug-likeness (QED) is 0.656. The molecule has 0 spiro atoms. The summed E-state index contributed by atoms with van der Waals surface area (Å²) in [6.07, 6.45) is 3.25. The van der Waals surface area contributed by atoms with Crippen LogP contribution in [0.15, 0.2) is 30.5 Å². The number of carbonyl (C=O) groups excluding carboxylic acids is 1. The summed E-state index contributed by atoms with van der Waals surface area (Å²) >= 11 is 0. The first-order chi connectivity index (χ1) is 13.6. The van der Waals surface area contributed by atoms with Crippen LogP contribution in [0, 0.1) is 0 Å². The van der Waals surface area contributed by atoms with Crippen LogP contribution in [0.5, 0.6) is 0 Å². The third-order valence-corrected chi connectivity index (χ3v) is 4.74. The van der Waals surface area contributed by atoms with Gasteiger partial charge in [-0.05, 0) is 43.0 Å². The number of carbonyl (C=O) groups is 1. The highest BCUT2D eigenvalue weighted by atomic mass is 16.5. The number of nitrogens with one attached hydrogen (secondary N) is 1. The minimum Gasteiger partial charge on any atom is -0.461 e. The summed E-state index contributed by atoms with van der Waals surface area (Å²) in [5.74, 6) is 0.0569. The number of aliphatic hydroxyl groups excluding tert-OH is 1. The Morgan fingerprint density at radius 3 is 2.79 bits per heavy atom. The van der Waals surface area contributed by atoms with Crippen molar-refractivity contribution in [2.45, 2.75) is 26.4 Å². The Morgan fingerprint density at radius 2 is 2.07 bits per heavy atom. The van der Waals surface area contributed by atoms with E-state index in [4.69, 9.17) is 9.84 Å². The number of anilines is 2. The highest BCUT2D eigenvalue weighted by Gasteiger charge is 2.29. The second-order valence-corrected chi connectivity index (χ2v) is 6.57. The van der Waals surface area contributed by atoms with Gasteiger partial charge in [0.1, 0.15) is 0 Å². The lowest BCUT2D eigenvalue weighted by molar-refractivity contribution is 0.0517. The predicted octanol–water partition coefficient (Wildman–Crippen LogP) is 2.39. The molecule has 8 nitrogen and oxygen atoms in total. The van der Waals surface area contributed by atoms with E-state index in [1.165, 1.54) is 0 Å². The molecule has 1 aliphatic rings. The Labute approximate surface area is 162 Å². The van der Waals surface area contributed by atoms with Crippen LogP contribution in [0.4, 0.5) is 11.6 Å². The highest BCUT2D eigenvalue weighted by Crippen LogP contribution is 2.34. The smallest absolute Gasteiger partial charge is 0.359 e. The van der Waals surface area contributed by atoms with E-state index >= 15 is 0 Å². The summed E-state index contributed by atoms with van der Waals surface area (Å²) in [7, 11) is 1.81. The largest absolute Gasteiger partial charge is 0.461 e. The molecule has 0 fully saturated rings. The minimum absolute atomic E-state index is 0.00168. The average Bonchev–Trinajstić information content (AvgIpc) is 3.06. The fourth-order valence-electron chi connectivity index (χ4n) is 3.40. The van der Waals surface area contributed by atoms with Crippen molar-refractivity contribution in [3.63, 3.8) is 0 Å². The van der Waals surface area contributed by atoms with Gasteiger partial charge in [0.2, 0.25) is 5.95 Å². The maximum atomic E-state index is 12.2. The van der Waals surface area contributed by atoms with Crippen LogP contribution in [0.1, 0.15) is 34.1 Å². The molecular formula is C20H21N5O3. The summed E-state index contributed by atoms with van der Waals surface area (Å²) < 4.78 is 6.83. The Kier molecular flexibility index (Phi) is 4.79. The van der Waals surface area contributed by atoms with Gasteiger partial charge >= 0.3 is 5.97 Å². The molecule has 0 amide bonds. The summed E-state index contributed by atoms with van der Waals surface area (Å²) in [5.41, 5.74) is 5.50. The topological polar surface area (TPSA) is 102 Å². The third kappa shape index (κ3) is 3.22. The molecule has 0 atom stereocenters. The molecule has 1 aromatic carbocycles. The molecule has 0 unspecified atom stereocenters. The van der Waals surface area contributed by atoms with Crippen molar-refractivity contribution >= 4 is 17.6 Å². The number of benzene rings is 1. The van der Waals surface area contributed by atoms with E-state index in [0.717, 1.165) is 40.2 Å². The van der Waals surface area contributed by atoms with E-state index in [1.54, 1.807) is 18.7 Å². The first kappa shape index (κ1) is 18.1. The van der Waals surface area contributed by atoms with Gasteiger partial charge in [0.15, 0.2) is 5.69 Å². The van der Waals surface area contributed by atoms with Crippen LogP contribution < -0.4 is 5.32 Å². The van der Waals surface area contributed by atoms with E-state index in [9.17, 15) is 4.79 Å².